The van der Waals surface area contributed by atoms with Crippen molar-refractivity contribution in [1.82, 2.24) is 10.2 Å². The molecule has 27 heavy (non-hydrogen) atoms. The zero-order valence-electron chi connectivity index (χ0n) is 13.7. The van der Waals surface area contributed by atoms with Crippen LogP contribution < -0.4 is 5.32 Å². The molecule has 2 aliphatic rings. The fraction of sp³-hybridized carbons (Fsp3) is 0.312. The smallest absolute Gasteiger partial charge is 0.293 e. The number of nitro groups is 1. The predicted octanol–water partition coefficient (Wildman–Crippen LogP) is 2.81. The first-order valence-electron chi connectivity index (χ1n) is 7.90. The lowest BCUT2D eigenvalue weighted by molar-refractivity contribution is -0.497. The average molecular weight is 430 g/mol. The minimum atomic E-state index is -0.840. The molecule has 3 amide bonds. The molecule has 0 spiro atoms. The maximum atomic E-state index is 12.4. The average Bonchev–Trinajstić information content (AvgIpc) is 3.37. The third-order valence-electron chi connectivity index (χ3n) is 4.14. The fourth-order valence-electron chi connectivity index (χ4n) is 2.58. The molecule has 1 aliphatic carbocycles. The van der Waals surface area contributed by atoms with Crippen molar-refractivity contribution in [2.24, 2.45) is 5.92 Å². The Morgan fingerprint density at radius 1 is 1.41 bits per heavy atom. The Labute approximate surface area is 168 Å². The molecule has 8 nitrogen and oxygen atoms in total. The number of hydrogen-bond donors (Lipinski definition) is 1. The number of benzene rings is 1. The summed E-state index contributed by atoms with van der Waals surface area (Å²) >= 11 is 12.8. The number of imide groups is 1. The zero-order chi connectivity index (χ0) is 19.7. The fourth-order valence-corrected chi connectivity index (χ4v) is 3.80. The van der Waals surface area contributed by atoms with Crippen LogP contribution in [0.4, 0.5) is 4.79 Å². The van der Waals surface area contributed by atoms with Gasteiger partial charge in [0.25, 0.3) is 11.1 Å². The topological polar surface area (TPSA) is 110 Å². The van der Waals surface area contributed by atoms with Crippen LogP contribution in [0.15, 0.2) is 23.1 Å². The van der Waals surface area contributed by atoms with Crippen molar-refractivity contribution >= 4 is 58.1 Å². The lowest BCUT2D eigenvalue weighted by atomic mass is 10.2. The summed E-state index contributed by atoms with van der Waals surface area (Å²) in [5, 5.41) is 13.2. The van der Waals surface area contributed by atoms with Gasteiger partial charge in [-0.05, 0) is 29.5 Å². The number of halogens is 2. The number of carbonyl (C=O) groups excluding carboxylic acids is 3. The predicted molar refractivity (Wildman–Crippen MR) is 101 cm³/mol. The summed E-state index contributed by atoms with van der Waals surface area (Å²) in [5.74, 6) is -1.57. The maximum absolute atomic E-state index is 12.4. The first-order valence-corrected chi connectivity index (χ1v) is 9.47. The number of hydrogen-bond acceptors (Lipinski definition) is 6. The molecule has 1 N–H and O–H groups in total. The van der Waals surface area contributed by atoms with E-state index in [2.05, 4.69) is 5.32 Å². The van der Waals surface area contributed by atoms with Gasteiger partial charge < -0.3 is 5.32 Å². The summed E-state index contributed by atoms with van der Waals surface area (Å²) in [6.07, 6.45) is 1.70. The van der Waals surface area contributed by atoms with Gasteiger partial charge in [-0.3, -0.25) is 29.4 Å². The van der Waals surface area contributed by atoms with Crippen LogP contribution in [0.3, 0.4) is 0 Å². The molecule has 0 aromatic heterocycles. The molecule has 2 atom stereocenters. The van der Waals surface area contributed by atoms with Crippen molar-refractivity contribution in [2.75, 3.05) is 13.1 Å². The molecule has 0 bridgehead atoms. The molecule has 1 heterocycles. The third kappa shape index (κ3) is 4.26. The molecule has 1 saturated carbocycles. The molecule has 1 aliphatic heterocycles. The summed E-state index contributed by atoms with van der Waals surface area (Å²) < 4.78 is 0. The Hall–Kier alpha value is -2.10. The second-order valence-corrected chi connectivity index (χ2v) is 7.74. The molecule has 1 aromatic rings. The number of thioether (sulfide) groups is 1. The van der Waals surface area contributed by atoms with Crippen molar-refractivity contribution in [3.63, 3.8) is 0 Å². The van der Waals surface area contributed by atoms with Crippen LogP contribution in [0, 0.1) is 16.0 Å². The van der Waals surface area contributed by atoms with Gasteiger partial charge in [-0.25, -0.2) is 0 Å². The van der Waals surface area contributed by atoms with Gasteiger partial charge in [0.2, 0.25) is 11.9 Å². The number of amides is 3. The highest BCUT2D eigenvalue weighted by Gasteiger charge is 2.53. The van der Waals surface area contributed by atoms with Crippen molar-refractivity contribution in [3.05, 3.63) is 48.8 Å². The van der Waals surface area contributed by atoms with Gasteiger partial charge in [-0.1, -0.05) is 35.3 Å². The number of nitrogens with one attached hydrogen (secondary N) is 1. The van der Waals surface area contributed by atoms with Crippen molar-refractivity contribution in [3.8, 4) is 0 Å². The Morgan fingerprint density at radius 2 is 2.15 bits per heavy atom. The molecular weight excluding hydrogens is 417 g/mol. The SMILES string of the molecule is O=C(NCCN1C(=O)S/C(=C\c2cccc(Cl)c2Cl)C1=O)C1CC1[N+](=O)[O-]. The Kier molecular flexibility index (Phi) is 5.73. The zero-order valence-corrected chi connectivity index (χ0v) is 16.0. The lowest BCUT2D eigenvalue weighted by Gasteiger charge is -2.12. The first kappa shape index (κ1) is 19.7. The molecule has 1 saturated heterocycles. The normalized spacial score (nSPS) is 23.0. The van der Waals surface area contributed by atoms with Crippen LogP contribution in [0.5, 0.6) is 0 Å². The molecule has 0 radical (unpaired) electrons. The lowest BCUT2D eigenvalue weighted by Crippen LogP contribution is -2.38. The van der Waals surface area contributed by atoms with E-state index in [-0.39, 0.29) is 29.4 Å². The Balaban J connectivity index is 1.58. The second kappa shape index (κ2) is 7.87. The standard InChI is InChI=1S/C16H13Cl2N3O5S/c17-10-3-1-2-8(13(10)18)6-12-15(23)20(16(24)27-12)5-4-19-14(22)9-7-11(9)21(25)26/h1-3,6,9,11H,4-5,7H2,(H,19,22)/b12-6-. The van der Waals surface area contributed by atoms with Crippen LogP contribution in [0.25, 0.3) is 6.08 Å². The minimum Gasteiger partial charge on any atom is -0.354 e. The van der Waals surface area contributed by atoms with Gasteiger partial charge in [-0.15, -0.1) is 0 Å². The first-order chi connectivity index (χ1) is 12.8. The van der Waals surface area contributed by atoms with Gasteiger partial charge >= 0.3 is 0 Å². The van der Waals surface area contributed by atoms with Crippen LogP contribution in [-0.2, 0) is 9.59 Å². The maximum Gasteiger partial charge on any atom is 0.293 e. The molecule has 11 heteroatoms. The molecule has 1 aromatic carbocycles. The van der Waals surface area contributed by atoms with E-state index in [1.54, 1.807) is 18.2 Å². The Bertz CT molecular complexity index is 876. The summed E-state index contributed by atoms with van der Waals surface area (Å²) in [5.41, 5.74) is 0.516. The van der Waals surface area contributed by atoms with E-state index in [4.69, 9.17) is 23.2 Å². The largest absolute Gasteiger partial charge is 0.354 e. The van der Waals surface area contributed by atoms with E-state index in [1.165, 1.54) is 6.08 Å². The molecule has 142 valence electrons. The Morgan fingerprint density at radius 3 is 2.81 bits per heavy atom. The van der Waals surface area contributed by atoms with Gasteiger partial charge in [0.15, 0.2) is 0 Å². The van der Waals surface area contributed by atoms with E-state index < -0.39 is 33.9 Å². The van der Waals surface area contributed by atoms with Gasteiger partial charge in [0.1, 0.15) is 5.92 Å². The molecular formula is C16H13Cl2N3O5S. The summed E-state index contributed by atoms with van der Waals surface area (Å²) in [7, 11) is 0. The van der Waals surface area contributed by atoms with Crippen LogP contribution >= 0.6 is 35.0 Å². The van der Waals surface area contributed by atoms with E-state index in [1.807, 2.05) is 0 Å². The summed E-state index contributed by atoms with van der Waals surface area (Å²) in [4.78, 5) is 47.6. The van der Waals surface area contributed by atoms with Gasteiger partial charge in [0, 0.05) is 24.4 Å². The highest BCUT2D eigenvalue weighted by molar-refractivity contribution is 8.18. The van der Waals surface area contributed by atoms with Gasteiger partial charge in [-0.2, -0.15) is 0 Å². The summed E-state index contributed by atoms with van der Waals surface area (Å²) in [6, 6.07) is 4.12. The van der Waals surface area contributed by atoms with Crippen molar-refractivity contribution in [1.29, 1.82) is 0 Å². The van der Waals surface area contributed by atoms with Crippen molar-refractivity contribution < 1.29 is 19.3 Å². The van der Waals surface area contributed by atoms with E-state index in [0.29, 0.717) is 10.6 Å². The van der Waals surface area contributed by atoms with Crippen molar-refractivity contribution in [2.45, 2.75) is 12.5 Å². The van der Waals surface area contributed by atoms with E-state index >= 15 is 0 Å². The monoisotopic (exact) mass is 429 g/mol. The van der Waals surface area contributed by atoms with E-state index in [0.717, 1.165) is 16.7 Å². The van der Waals surface area contributed by atoms with Crippen LogP contribution in [0.1, 0.15) is 12.0 Å². The summed E-state index contributed by atoms with van der Waals surface area (Å²) in [6.45, 7) is 0.00981. The highest BCUT2D eigenvalue weighted by atomic mass is 35.5. The van der Waals surface area contributed by atoms with E-state index in [9.17, 15) is 24.5 Å². The molecule has 2 fully saturated rings. The highest BCUT2D eigenvalue weighted by Crippen LogP contribution is 2.35. The number of rotatable bonds is 6. The number of nitrogens with zero attached hydrogens (tertiary/aromatic N) is 2. The second-order valence-electron chi connectivity index (χ2n) is 5.96. The van der Waals surface area contributed by atoms with Gasteiger partial charge in [0.05, 0.1) is 15.0 Å². The molecule has 3 rings (SSSR count). The molecule has 2 unspecified atom stereocenters. The van der Waals surface area contributed by atoms with Crippen LogP contribution in [0.2, 0.25) is 10.0 Å². The quantitative estimate of drug-likeness (QED) is 0.422. The minimum absolute atomic E-state index is 0.0210. The number of carbonyl (C=O) groups is 3. The van der Waals surface area contributed by atoms with Crippen LogP contribution in [-0.4, -0.2) is 46.0 Å². The third-order valence-corrected chi connectivity index (χ3v) is 5.88.